The fourth-order valence-corrected chi connectivity index (χ4v) is 1.96. The van der Waals surface area contributed by atoms with Crippen LogP contribution in [0.3, 0.4) is 0 Å². The predicted octanol–water partition coefficient (Wildman–Crippen LogP) is 2.39. The lowest BCUT2D eigenvalue weighted by Crippen LogP contribution is -1.99. The molecule has 1 aliphatic rings. The SMILES string of the molecule is CSCCCOc1ccc2c(c1)OCC2=O. The zero-order valence-corrected chi connectivity index (χ0v) is 10.0. The molecule has 0 amide bonds. The number of benzene rings is 1. The number of hydrogen-bond acceptors (Lipinski definition) is 4. The zero-order valence-electron chi connectivity index (χ0n) is 9.19. The minimum Gasteiger partial charge on any atom is -0.493 e. The molecule has 0 N–H and O–H groups in total. The van der Waals surface area contributed by atoms with Crippen molar-refractivity contribution in [3.05, 3.63) is 23.8 Å². The number of hydrogen-bond donors (Lipinski definition) is 0. The summed E-state index contributed by atoms with van der Waals surface area (Å²) in [6.07, 6.45) is 3.10. The number of carbonyl (C=O) groups is 1. The van der Waals surface area contributed by atoms with Crippen molar-refractivity contribution in [3.63, 3.8) is 0 Å². The summed E-state index contributed by atoms with van der Waals surface area (Å²) >= 11 is 1.81. The van der Waals surface area contributed by atoms with Crippen molar-refractivity contribution < 1.29 is 14.3 Å². The molecule has 1 aliphatic heterocycles. The second-order valence-corrected chi connectivity index (χ2v) is 4.55. The molecule has 0 radical (unpaired) electrons. The molecule has 1 heterocycles. The van der Waals surface area contributed by atoms with Crippen LogP contribution in [0.15, 0.2) is 18.2 Å². The molecule has 0 unspecified atom stereocenters. The largest absolute Gasteiger partial charge is 0.493 e. The Morgan fingerprint density at radius 1 is 1.50 bits per heavy atom. The Bertz CT molecular complexity index is 390. The lowest BCUT2D eigenvalue weighted by molar-refractivity contribution is 0.0961. The van der Waals surface area contributed by atoms with Crippen LogP contribution in [0.1, 0.15) is 16.8 Å². The second-order valence-electron chi connectivity index (χ2n) is 3.56. The van der Waals surface area contributed by atoms with Gasteiger partial charge in [0, 0.05) is 6.07 Å². The lowest BCUT2D eigenvalue weighted by atomic mass is 10.1. The molecule has 0 saturated carbocycles. The molecule has 16 heavy (non-hydrogen) atoms. The Kier molecular flexibility index (Phi) is 3.72. The molecule has 3 nitrogen and oxygen atoms in total. The van der Waals surface area contributed by atoms with E-state index in [1.807, 2.05) is 17.8 Å². The first kappa shape index (κ1) is 11.3. The molecule has 0 spiro atoms. The molecule has 0 aliphatic carbocycles. The van der Waals surface area contributed by atoms with E-state index in [0.29, 0.717) is 17.9 Å². The van der Waals surface area contributed by atoms with Crippen molar-refractivity contribution in [3.8, 4) is 11.5 Å². The molecule has 0 aromatic heterocycles. The fourth-order valence-electron chi connectivity index (χ4n) is 1.56. The van der Waals surface area contributed by atoms with Gasteiger partial charge in [-0.25, -0.2) is 0 Å². The number of rotatable bonds is 5. The van der Waals surface area contributed by atoms with Crippen LogP contribution in [0.4, 0.5) is 0 Å². The normalized spacial score (nSPS) is 13.4. The maximum absolute atomic E-state index is 11.3. The van der Waals surface area contributed by atoms with Crippen LogP contribution in [0.5, 0.6) is 11.5 Å². The molecule has 0 atom stereocenters. The molecule has 0 saturated heterocycles. The van der Waals surface area contributed by atoms with Gasteiger partial charge in [-0.1, -0.05) is 0 Å². The van der Waals surface area contributed by atoms with E-state index in [1.54, 1.807) is 12.1 Å². The third-order valence-corrected chi connectivity index (χ3v) is 3.07. The van der Waals surface area contributed by atoms with E-state index in [2.05, 4.69) is 6.26 Å². The summed E-state index contributed by atoms with van der Waals surface area (Å²) in [5, 5.41) is 0. The molecular formula is C12H14O3S. The summed E-state index contributed by atoms with van der Waals surface area (Å²) in [7, 11) is 0. The quantitative estimate of drug-likeness (QED) is 0.738. The first-order chi connectivity index (χ1) is 7.81. The highest BCUT2D eigenvalue weighted by Gasteiger charge is 2.21. The number of thioether (sulfide) groups is 1. The summed E-state index contributed by atoms with van der Waals surface area (Å²) in [5.74, 6) is 2.56. The standard InChI is InChI=1S/C12H14O3S/c1-16-6-2-5-14-9-3-4-10-11(13)8-15-12(10)7-9/h3-4,7H,2,5-6,8H2,1H3. The van der Waals surface area contributed by atoms with Crippen LogP contribution in [0.2, 0.25) is 0 Å². The van der Waals surface area contributed by atoms with E-state index in [-0.39, 0.29) is 12.4 Å². The van der Waals surface area contributed by atoms with Crippen molar-refractivity contribution in [2.24, 2.45) is 0 Å². The van der Waals surface area contributed by atoms with E-state index in [4.69, 9.17) is 9.47 Å². The van der Waals surface area contributed by atoms with E-state index < -0.39 is 0 Å². The van der Waals surface area contributed by atoms with Gasteiger partial charge in [-0.15, -0.1) is 0 Å². The molecule has 86 valence electrons. The van der Waals surface area contributed by atoms with Crippen LogP contribution in [-0.2, 0) is 0 Å². The average molecular weight is 238 g/mol. The van der Waals surface area contributed by atoms with Crippen molar-refractivity contribution in [1.29, 1.82) is 0 Å². The van der Waals surface area contributed by atoms with Gasteiger partial charge < -0.3 is 9.47 Å². The third kappa shape index (κ3) is 2.50. The van der Waals surface area contributed by atoms with Gasteiger partial charge in [-0.2, -0.15) is 11.8 Å². The van der Waals surface area contributed by atoms with Crippen LogP contribution >= 0.6 is 11.8 Å². The highest BCUT2D eigenvalue weighted by molar-refractivity contribution is 7.98. The Morgan fingerprint density at radius 2 is 2.38 bits per heavy atom. The predicted molar refractivity (Wildman–Crippen MR) is 64.8 cm³/mol. The second kappa shape index (κ2) is 5.25. The molecule has 0 fully saturated rings. The van der Waals surface area contributed by atoms with E-state index in [9.17, 15) is 4.79 Å². The highest BCUT2D eigenvalue weighted by atomic mass is 32.2. The monoisotopic (exact) mass is 238 g/mol. The van der Waals surface area contributed by atoms with Gasteiger partial charge in [-0.3, -0.25) is 4.79 Å². The van der Waals surface area contributed by atoms with E-state index in [1.165, 1.54) is 0 Å². The molecule has 2 rings (SSSR count). The topological polar surface area (TPSA) is 35.5 Å². The number of Topliss-reactive ketones (excluding diaryl/α,β-unsaturated/α-hetero) is 1. The Hall–Kier alpha value is -1.16. The number of ketones is 1. The Labute approximate surface area is 99.1 Å². The highest BCUT2D eigenvalue weighted by Crippen LogP contribution is 2.29. The van der Waals surface area contributed by atoms with Crippen molar-refractivity contribution in [1.82, 2.24) is 0 Å². The van der Waals surface area contributed by atoms with Crippen LogP contribution in [0.25, 0.3) is 0 Å². The van der Waals surface area contributed by atoms with E-state index >= 15 is 0 Å². The van der Waals surface area contributed by atoms with Gasteiger partial charge in [0.1, 0.15) is 11.5 Å². The van der Waals surface area contributed by atoms with Crippen LogP contribution in [0, 0.1) is 0 Å². The van der Waals surface area contributed by atoms with Crippen LogP contribution < -0.4 is 9.47 Å². The van der Waals surface area contributed by atoms with Crippen molar-refractivity contribution in [2.45, 2.75) is 6.42 Å². The molecule has 1 aromatic carbocycles. The first-order valence-electron chi connectivity index (χ1n) is 5.23. The summed E-state index contributed by atoms with van der Waals surface area (Å²) in [5.41, 5.74) is 0.663. The molecular weight excluding hydrogens is 224 g/mol. The Balaban J connectivity index is 1.94. The minimum atomic E-state index is 0.0453. The maximum Gasteiger partial charge on any atom is 0.203 e. The van der Waals surface area contributed by atoms with E-state index in [0.717, 1.165) is 17.9 Å². The smallest absolute Gasteiger partial charge is 0.203 e. The third-order valence-electron chi connectivity index (χ3n) is 2.37. The van der Waals surface area contributed by atoms with Gasteiger partial charge in [0.25, 0.3) is 0 Å². The molecule has 4 heteroatoms. The summed E-state index contributed by atoms with van der Waals surface area (Å²) in [6.45, 7) is 0.860. The average Bonchev–Trinajstić information content (AvgIpc) is 2.66. The minimum absolute atomic E-state index is 0.0453. The number of carbonyl (C=O) groups excluding carboxylic acids is 1. The van der Waals surface area contributed by atoms with Crippen molar-refractivity contribution >= 4 is 17.5 Å². The van der Waals surface area contributed by atoms with Gasteiger partial charge in [0.15, 0.2) is 6.61 Å². The number of fused-ring (bicyclic) bond motifs is 1. The lowest BCUT2D eigenvalue weighted by Gasteiger charge is -2.06. The fraction of sp³-hybridized carbons (Fsp3) is 0.417. The summed E-state index contributed by atoms with van der Waals surface area (Å²) in [4.78, 5) is 11.3. The van der Waals surface area contributed by atoms with Gasteiger partial charge in [0.2, 0.25) is 5.78 Å². The number of ether oxygens (including phenoxy) is 2. The zero-order chi connectivity index (χ0) is 11.4. The van der Waals surface area contributed by atoms with Crippen molar-refractivity contribution in [2.75, 3.05) is 25.2 Å². The molecule has 0 bridgehead atoms. The summed E-state index contributed by atoms with van der Waals surface area (Å²) in [6, 6.07) is 5.39. The Morgan fingerprint density at radius 3 is 3.19 bits per heavy atom. The first-order valence-corrected chi connectivity index (χ1v) is 6.62. The van der Waals surface area contributed by atoms with Crippen LogP contribution in [-0.4, -0.2) is 31.0 Å². The van der Waals surface area contributed by atoms with Gasteiger partial charge in [0.05, 0.1) is 12.2 Å². The maximum atomic E-state index is 11.3. The summed E-state index contributed by atoms with van der Waals surface area (Å²) < 4.78 is 10.8. The van der Waals surface area contributed by atoms with Gasteiger partial charge in [-0.05, 0) is 30.6 Å². The van der Waals surface area contributed by atoms with Gasteiger partial charge >= 0.3 is 0 Å². The molecule has 1 aromatic rings.